The zero-order chi connectivity index (χ0) is 14.9. The van der Waals surface area contributed by atoms with Crippen LogP contribution in [0.4, 0.5) is 13.2 Å². The maximum atomic E-state index is 13.7. The van der Waals surface area contributed by atoms with Gasteiger partial charge in [0.05, 0.1) is 5.02 Å². The van der Waals surface area contributed by atoms with E-state index in [1.807, 2.05) is 0 Å². The molecule has 0 fully saturated rings. The fourth-order valence-corrected chi connectivity index (χ4v) is 2.21. The Morgan fingerprint density at radius 1 is 0.950 bits per heavy atom. The van der Waals surface area contributed by atoms with Crippen LogP contribution in [-0.4, -0.2) is 0 Å². The van der Waals surface area contributed by atoms with E-state index >= 15 is 0 Å². The van der Waals surface area contributed by atoms with Crippen molar-refractivity contribution < 1.29 is 13.2 Å². The summed E-state index contributed by atoms with van der Waals surface area (Å²) in [5.41, 5.74) is 6.22. The maximum Gasteiger partial charge on any atom is 0.142 e. The summed E-state index contributed by atoms with van der Waals surface area (Å²) in [5.74, 6) is -1.94. The van der Waals surface area contributed by atoms with Crippen LogP contribution in [0.5, 0.6) is 0 Å². The SMILES string of the molecule is NC(Cc1cc(F)ccc1Cl)c1cc(F)c(Cl)cc1F. The van der Waals surface area contributed by atoms with Gasteiger partial charge < -0.3 is 5.73 Å². The molecule has 0 aliphatic rings. The Bertz CT molecular complexity index is 647. The minimum absolute atomic E-state index is 0.0350. The van der Waals surface area contributed by atoms with Crippen LogP contribution in [-0.2, 0) is 6.42 Å². The van der Waals surface area contributed by atoms with Crippen molar-refractivity contribution in [1.29, 1.82) is 0 Å². The molecule has 1 unspecified atom stereocenters. The third-order valence-electron chi connectivity index (χ3n) is 2.89. The second kappa shape index (κ2) is 6.04. The predicted molar refractivity (Wildman–Crippen MR) is 73.4 cm³/mol. The van der Waals surface area contributed by atoms with Gasteiger partial charge in [-0.2, -0.15) is 0 Å². The summed E-state index contributed by atoms with van der Waals surface area (Å²) in [7, 11) is 0. The highest BCUT2D eigenvalue weighted by Crippen LogP contribution is 2.27. The zero-order valence-electron chi connectivity index (χ0n) is 10.1. The fourth-order valence-electron chi connectivity index (χ4n) is 1.87. The van der Waals surface area contributed by atoms with Crippen LogP contribution >= 0.6 is 23.2 Å². The summed E-state index contributed by atoms with van der Waals surface area (Å²) in [4.78, 5) is 0. The van der Waals surface area contributed by atoms with Crippen LogP contribution in [0.3, 0.4) is 0 Å². The van der Waals surface area contributed by atoms with Crippen LogP contribution < -0.4 is 5.73 Å². The highest BCUT2D eigenvalue weighted by Gasteiger charge is 2.17. The molecule has 0 aromatic heterocycles. The number of rotatable bonds is 3. The van der Waals surface area contributed by atoms with Gasteiger partial charge in [0.25, 0.3) is 0 Å². The summed E-state index contributed by atoms with van der Waals surface area (Å²) in [6, 6.07) is 4.75. The first-order chi connectivity index (χ1) is 9.38. The smallest absolute Gasteiger partial charge is 0.142 e. The van der Waals surface area contributed by atoms with Crippen LogP contribution in [0.25, 0.3) is 0 Å². The first-order valence-corrected chi connectivity index (χ1v) is 6.48. The molecule has 106 valence electrons. The summed E-state index contributed by atoms with van der Waals surface area (Å²) in [6.45, 7) is 0. The Morgan fingerprint density at radius 2 is 1.65 bits per heavy atom. The van der Waals surface area contributed by atoms with Gasteiger partial charge in [-0.3, -0.25) is 0 Å². The molecule has 0 saturated carbocycles. The number of halogens is 5. The van der Waals surface area contributed by atoms with Crippen molar-refractivity contribution in [3.05, 3.63) is 69.0 Å². The molecule has 2 aromatic carbocycles. The van der Waals surface area contributed by atoms with E-state index in [0.717, 1.165) is 12.1 Å². The second-order valence-electron chi connectivity index (χ2n) is 4.33. The van der Waals surface area contributed by atoms with E-state index in [2.05, 4.69) is 0 Å². The highest BCUT2D eigenvalue weighted by molar-refractivity contribution is 6.31. The molecule has 2 N–H and O–H groups in total. The van der Waals surface area contributed by atoms with E-state index in [1.165, 1.54) is 18.2 Å². The molecular formula is C14H10Cl2F3N. The molecule has 0 radical (unpaired) electrons. The van der Waals surface area contributed by atoms with Crippen molar-refractivity contribution >= 4 is 23.2 Å². The minimum atomic E-state index is -0.860. The van der Waals surface area contributed by atoms with Crippen molar-refractivity contribution in [2.75, 3.05) is 0 Å². The lowest BCUT2D eigenvalue weighted by Gasteiger charge is -2.14. The van der Waals surface area contributed by atoms with Gasteiger partial charge in [0.2, 0.25) is 0 Å². The normalized spacial score (nSPS) is 12.5. The maximum absolute atomic E-state index is 13.7. The largest absolute Gasteiger partial charge is 0.324 e. The van der Waals surface area contributed by atoms with Crippen molar-refractivity contribution in [3.8, 4) is 0 Å². The molecule has 0 saturated heterocycles. The van der Waals surface area contributed by atoms with Crippen LogP contribution in [0.2, 0.25) is 10.0 Å². The van der Waals surface area contributed by atoms with Crippen LogP contribution in [0.1, 0.15) is 17.2 Å². The standard InChI is InChI=1S/C14H10Cl2F3N/c15-10-2-1-8(17)3-7(10)4-14(20)9-5-13(19)11(16)6-12(9)18/h1-3,5-6,14H,4,20H2. The van der Waals surface area contributed by atoms with E-state index in [-0.39, 0.29) is 17.0 Å². The number of benzene rings is 2. The lowest BCUT2D eigenvalue weighted by molar-refractivity contribution is 0.560. The van der Waals surface area contributed by atoms with Gasteiger partial charge in [-0.25, -0.2) is 13.2 Å². The molecule has 0 spiro atoms. The van der Waals surface area contributed by atoms with Crippen LogP contribution in [0, 0.1) is 17.5 Å². The van der Waals surface area contributed by atoms with Gasteiger partial charge in [-0.15, -0.1) is 0 Å². The zero-order valence-corrected chi connectivity index (χ0v) is 11.7. The van der Waals surface area contributed by atoms with E-state index in [4.69, 9.17) is 28.9 Å². The molecule has 0 aliphatic carbocycles. The van der Waals surface area contributed by atoms with Crippen molar-refractivity contribution in [1.82, 2.24) is 0 Å². The molecule has 0 aliphatic heterocycles. The molecule has 1 atom stereocenters. The highest BCUT2D eigenvalue weighted by atomic mass is 35.5. The molecule has 2 rings (SSSR count). The third-order valence-corrected chi connectivity index (χ3v) is 3.55. The molecule has 20 heavy (non-hydrogen) atoms. The Hall–Kier alpha value is -1.23. The average molecular weight is 320 g/mol. The number of hydrogen-bond acceptors (Lipinski definition) is 1. The van der Waals surface area contributed by atoms with Crippen molar-refractivity contribution in [2.45, 2.75) is 12.5 Å². The predicted octanol–water partition coefficient (Wildman–Crippen LogP) is 4.65. The van der Waals surface area contributed by atoms with E-state index in [0.29, 0.717) is 10.6 Å². The van der Waals surface area contributed by atoms with Gasteiger partial charge in [-0.05, 0) is 42.3 Å². The summed E-state index contributed by atoms with van der Waals surface area (Å²) < 4.78 is 40.2. The minimum Gasteiger partial charge on any atom is -0.324 e. The fraction of sp³-hybridized carbons (Fsp3) is 0.143. The van der Waals surface area contributed by atoms with E-state index in [1.54, 1.807) is 0 Å². The lowest BCUT2D eigenvalue weighted by Crippen LogP contribution is -2.16. The molecule has 0 amide bonds. The number of hydrogen-bond donors (Lipinski definition) is 1. The van der Waals surface area contributed by atoms with E-state index in [9.17, 15) is 13.2 Å². The summed E-state index contributed by atoms with van der Waals surface area (Å²) in [5, 5.41) is -0.000989. The third kappa shape index (κ3) is 3.26. The van der Waals surface area contributed by atoms with Gasteiger partial charge in [0, 0.05) is 16.6 Å². The first-order valence-electron chi connectivity index (χ1n) is 5.72. The topological polar surface area (TPSA) is 26.0 Å². The Balaban J connectivity index is 2.30. The van der Waals surface area contributed by atoms with Gasteiger partial charge in [-0.1, -0.05) is 23.2 Å². The molecule has 1 nitrogen and oxygen atoms in total. The molecule has 6 heteroatoms. The van der Waals surface area contributed by atoms with Gasteiger partial charge >= 0.3 is 0 Å². The number of nitrogens with two attached hydrogens (primary N) is 1. The van der Waals surface area contributed by atoms with Crippen molar-refractivity contribution in [2.24, 2.45) is 5.73 Å². The second-order valence-corrected chi connectivity index (χ2v) is 5.15. The quantitative estimate of drug-likeness (QED) is 0.818. The Labute approximate surface area is 124 Å². The monoisotopic (exact) mass is 319 g/mol. The Kier molecular flexibility index (Phi) is 4.58. The van der Waals surface area contributed by atoms with Gasteiger partial charge in [0.15, 0.2) is 0 Å². The molecule has 2 aromatic rings. The Morgan fingerprint density at radius 3 is 2.35 bits per heavy atom. The lowest BCUT2D eigenvalue weighted by atomic mass is 9.99. The average Bonchev–Trinajstić information content (AvgIpc) is 2.38. The first kappa shape index (κ1) is 15.2. The molecule has 0 heterocycles. The summed E-state index contributed by atoms with van der Waals surface area (Å²) in [6.07, 6.45) is 0.0780. The molecular weight excluding hydrogens is 310 g/mol. The van der Waals surface area contributed by atoms with Crippen molar-refractivity contribution in [3.63, 3.8) is 0 Å². The molecule has 0 bridgehead atoms. The van der Waals surface area contributed by atoms with Crippen LogP contribution in [0.15, 0.2) is 30.3 Å². The summed E-state index contributed by atoms with van der Waals surface area (Å²) >= 11 is 11.4. The van der Waals surface area contributed by atoms with Gasteiger partial charge in [0.1, 0.15) is 17.5 Å². The van der Waals surface area contributed by atoms with E-state index < -0.39 is 23.5 Å².